The van der Waals surface area contributed by atoms with Crippen LogP contribution in [0.25, 0.3) is 0 Å². The van der Waals surface area contributed by atoms with Crippen molar-refractivity contribution < 1.29 is 32.1 Å². The summed E-state index contributed by atoms with van der Waals surface area (Å²) < 4.78 is 60.6. The summed E-state index contributed by atoms with van der Waals surface area (Å²) in [6.45, 7) is 0.278. The Morgan fingerprint density at radius 2 is 1.89 bits per heavy atom. The molecule has 1 aliphatic rings. The SMILES string of the molecule is OCc1ccc(C2OCNC2Cc2cccc(OC(F)(F)C(F)F)c2)cc1. The summed E-state index contributed by atoms with van der Waals surface area (Å²) in [6, 6.07) is 12.9. The van der Waals surface area contributed by atoms with Gasteiger partial charge in [-0.2, -0.15) is 17.6 Å². The van der Waals surface area contributed by atoms with Crippen molar-refractivity contribution in [2.24, 2.45) is 0 Å². The van der Waals surface area contributed by atoms with Gasteiger partial charge in [0.15, 0.2) is 0 Å². The first kappa shape index (κ1) is 19.6. The molecule has 2 unspecified atom stereocenters. The molecule has 8 heteroatoms. The third-order valence-corrected chi connectivity index (χ3v) is 4.33. The van der Waals surface area contributed by atoms with Crippen molar-refractivity contribution in [1.82, 2.24) is 5.32 Å². The van der Waals surface area contributed by atoms with E-state index in [4.69, 9.17) is 9.84 Å². The Morgan fingerprint density at radius 1 is 1.15 bits per heavy atom. The van der Waals surface area contributed by atoms with Gasteiger partial charge in [-0.15, -0.1) is 0 Å². The van der Waals surface area contributed by atoms with Crippen LogP contribution >= 0.6 is 0 Å². The molecule has 2 atom stereocenters. The van der Waals surface area contributed by atoms with Crippen molar-refractivity contribution >= 4 is 0 Å². The summed E-state index contributed by atoms with van der Waals surface area (Å²) >= 11 is 0. The second-order valence-electron chi connectivity index (χ2n) is 6.26. The Bertz CT molecular complexity index is 755. The number of ether oxygens (including phenoxy) is 2. The van der Waals surface area contributed by atoms with E-state index in [9.17, 15) is 17.6 Å². The standard InChI is InChI=1S/C19H19F4NO3/c20-18(21)19(22,23)27-15-3-1-2-13(8-15)9-16-17(26-11-24-16)14-6-4-12(10-25)5-7-14/h1-8,16-18,24-25H,9-11H2. The van der Waals surface area contributed by atoms with Crippen LogP contribution in [0.2, 0.25) is 0 Å². The molecule has 0 bridgehead atoms. The van der Waals surface area contributed by atoms with E-state index in [1.54, 1.807) is 18.2 Å². The van der Waals surface area contributed by atoms with E-state index in [0.29, 0.717) is 18.7 Å². The van der Waals surface area contributed by atoms with E-state index in [-0.39, 0.29) is 24.5 Å². The van der Waals surface area contributed by atoms with Crippen LogP contribution in [-0.2, 0) is 17.8 Å². The maximum Gasteiger partial charge on any atom is 0.461 e. The molecular formula is C19H19F4NO3. The van der Waals surface area contributed by atoms with Crippen LogP contribution in [0.3, 0.4) is 0 Å². The predicted octanol–water partition coefficient (Wildman–Crippen LogP) is 3.65. The maximum atomic E-state index is 13.1. The van der Waals surface area contributed by atoms with Gasteiger partial charge in [0.2, 0.25) is 0 Å². The largest absolute Gasteiger partial charge is 0.461 e. The number of benzene rings is 2. The number of hydrogen-bond acceptors (Lipinski definition) is 4. The van der Waals surface area contributed by atoms with Crippen molar-refractivity contribution in [3.8, 4) is 5.75 Å². The van der Waals surface area contributed by atoms with E-state index < -0.39 is 12.5 Å². The molecule has 0 saturated carbocycles. The monoisotopic (exact) mass is 385 g/mol. The molecule has 1 aliphatic heterocycles. The fourth-order valence-corrected chi connectivity index (χ4v) is 2.98. The second kappa shape index (κ2) is 8.24. The molecule has 1 heterocycles. The zero-order valence-corrected chi connectivity index (χ0v) is 14.2. The van der Waals surface area contributed by atoms with E-state index >= 15 is 0 Å². The number of halogens is 4. The van der Waals surface area contributed by atoms with Crippen molar-refractivity contribution in [3.63, 3.8) is 0 Å². The zero-order chi connectivity index (χ0) is 19.4. The van der Waals surface area contributed by atoms with Gasteiger partial charge in [-0.05, 0) is 35.2 Å². The first-order valence-corrected chi connectivity index (χ1v) is 8.37. The average molecular weight is 385 g/mol. The van der Waals surface area contributed by atoms with Crippen LogP contribution < -0.4 is 10.1 Å². The van der Waals surface area contributed by atoms with Gasteiger partial charge >= 0.3 is 12.5 Å². The van der Waals surface area contributed by atoms with Gasteiger partial charge in [0, 0.05) is 6.04 Å². The molecule has 4 nitrogen and oxygen atoms in total. The quantitative estimate of drug-likeness (QED) is 0.715. The van der Waals surface area contributed by atoms with E-state index in [1.807, 2.05) is 12.1 Å². The topological polar surface area (TPSA) is 50.7 Å². The Hall–Kier alpha value is -2.16. The normalized spacial score (nSPS) is 20.2. The molecule has 146 valence electrons. The van der Waals surface area contributed by atoms with Crippen molar-refractivity contribution in [3.05, 3.63) is 65.2 Å². The molecule has 0 amide bonds. The number of alkyl halides is 4. The third kappa shape index (κ3) is 4.77. The van der Waals surface area contributed by atoms with Crippen molar-refractivity contribution in [1.29, 1.82) is 0 Å². The molecule has 0 spiro atoms. The summed E-state index contributed by atoms with van der Waals surface area (Å²) in [7, 11) is 0. The minimum absolute atomic E-state index is 0.0521. The molecule has 1 fully saturated rings. The van der Waals surface area contributed by atoms with Gasteiger partial charge in [-0.3, -0.25) is 5.32 Å². The highest BCUT2D eigenvalue weighted by molar-refractivity contribution is 5.31. The summed E-state index contributed by atoms with van der Waals surface area (Å²) in [5, 5.41) is 12.3. The molecule has 3 rings (SSSR count). The molecular weight excluding hydrogens is 366 g/mol. The third-order valence-electron chi connectivity index (χ3n) is 4.33. The molecule has 27 heavy (non-hydrogen) atoms. The van der Waals surface area contributed by atoms with E-state index in [2.05, 4.69) is 10.1 Å². The fourth-order valence-electron chi connectivity index (χ4n) is 2.98. The Balaban J connectivity index is 1.71. The average Bonchev–Trinajstić information content (AvgIpc) is 3.09. The minimum Gasteiger partial charge on any atom is -0.428 e. The lowest BCUT2D eigenvalue weighted by atomic mass is 9.96. The van der Waals surface area contributed by atoms with Gasteiger partial charge in [0.1, 0.15) is 5.75 Å². The minimum atomic E-state index is -4.54. The molecule has 0 aromatic heterocycles. The number of nitrogens with one attached hydrogen (secondary N) is 1. The van der Waals surface area contributed by atoms with E-state index in [0.717, 1.165) is 11.1 Å². The van der Waals surface area contributed by atoms with Gasteiger partial charge in [0.25, 0.3) is 0 Å². The van der Waals surface area contributed by atoms with Crippen LogP contribution in [0.4, 0.5) is 17.6 Å². The number of aliphatic hydroxyl groups is 1. The fraction of sp³-hybridized carbons (Fsp3) is 0.368. The van der Waals surface area contributed by atoms with Crippen LogP contribution in [0.1, 0.15) is 22.8 Å². The molecule has 0 radical (unpaired) electrons. The highest BCUT2D eigenvalue weighted by Gasteiger charge is 2.44. The van der Waals surface area contributed by atoms with Crippen LogP contribution in [0.15, 0.2) is 48.5 Å². The first-order valence-electron chi connectivity index (χ1n) is 8.37. The summed E-state index contributed by atoms with van der Waals surface area (Å²) in [5.74, 6) is -0.319. The molecule has 2 aromatic carbocycles. The highest BCUT2D eigenvalue weighted by atomic mass is 19.3. The predicted molar refractivity (Wildman–Crippen MR) is 89.7 cm³/mol. The molecule has 0 aliphatic carbocycles. The summed E-state index contributed by atoms with van der Waals surface area (Å²) in [4.78, 5) is 0. The number of hydrogen-bond donors (Lipinski definition) is 2. The van der Waals surface area contributed by atoms with Crippen LogP contribution in [-0.4, -0.2) is 30.4 Å². The Morgan fingerprint density at radius 3 is 2.56 bits per heavy atom. The zero-order valence-electron chi connectivity index (χ0n) is 14.2. The lowest BCUT2D eigenvalue weighted by Gasteiger charge is -2.20. The lowest BCUT2D eigenvalue weighted by molar-refractivity contribution is -0.253. The maximum absolute atomic E-state index is 13.1. The second-order valence-corrected chi connectivity index (χ2v) is 6.26. The molecule has 2 aromatic rings. The lowest BCUT2D eigenvalue weighted by Crippen LogP contribution is -2.33. The van der Waals surface area contributed by atoms with Crippen molar-refractivity contribution in [2.75, 3.05) is 6.73 Å². The number of aliphatic hydroxyl groups excluding tert-OH is 1. The summed E-state index contributed by atoms with van der Waals surface area (Å²) in [6.07, 6.45) is -8.27. The molecule has 2 N–H and O–H groups in total. The molecule has 1 saturated heterocycles. The smallest absolute Gasteiger partial charge is 0.428 e. The highest BCUT2D eigenvalue weighted by Crippen LogP contribution is 2.31. The van der Waals surface area contributed by atoms with Crippen LogP contribution in [0, 0.1) is 0 Å². The first-order chi connectivity index (χ1) is 12.9. The van der Waals surface area contributed by atoms with Crippen LogP contribution in [0.5, 0.6) is 5.75 Å². The van der Waals surface area contributed by atoms with E-state index in [1.165, 1.54) is 18.2 Å². The Labute approximate surface area is 153 Å². The van der Waals surface area contributed by atoms with Gasteiger partial charge in [0.05, 0.1) is 19.4 Å². The van der Waals surface area contributed by atoms with Crippen molar-refractivity contribution in [2.45, 2.75) is 37.7 Å². The number of rotatable bonds is 7. The van der Waals surface area contributed by atoms with Gasteiger partial charge in [-0.25, -0.2) is 0 Å². The van der Waals surface area contributed by atoms with Gasteiger partial charge < -0.3 is 14.6 Å². The van der Waals surface area contributed by atoms with Gasteiger partial charge in [-0.1, -0.05) is 36.4 Å². The summed E-state index contributed by atoms with van der Waals surface area (Å²) in [5.41, 5.74) is 2.35. The Kier molecular flexibility index (Phi) is 5.98.